The molecule has 0 aliphatic heterocycles. The molecule has 5 nitrogen and oxygen atoms in total. The van der Waals surface area contributed by atoms with Crippen LogP contribution in [0.5, 0.6) is 0 Å². The number of hydrogen-bond donors (Lipinski definition) is 1. The van der Waals surface area contributed by atoms with Crippen LogP contribution in [0.25, 0.3) is 0 Å². The Hall–Kier alpha value is -0.920. The molecule has 0 aromatic carbocycles. The minimum atomic E-state index is -3.55. The summed E-state index contributed by atoms with van der Waals surface area (Å²) in [5, 5.41) is 12.1. The van der Waals surface area contributed by atoms with Gasteiger partial charge >= 0.3 is 5.97 Å². The Morgan fingerprint density at radius 2 is 2.26 bits per heavy atom. The third kappa shape index (κ3) is 2.98. The van der Waals surface area contributed by atoms with Crippen molar-refractivity contribution in [3.05, 3.63) is 22.4 Å². The number of sulfonamides is 1. The third-order valence-electron chi connectivity index (χ3n) is 3.57. The van der Waals surface area contributed by atoms with E-state index in [1.165, 1.54) is 22.7 Å². The number of aliphatic carboxylic acids is 1. The third-order valence-corrected chi connectivity index (χ3v) is 6.63. The van der Waals surface area contributed by atoms with Crippen molar-refractivity contribution in [2.45, 2.75) is 31.1 Å². The first kappa shape index (κ1) is 14.5. The molecule has 2 unspecified atom stereocenters. The summed E-state index contributed by atoms with van der Waals surface area (Å²) in [5.41, 5.74) is 0.931. The lowest BCUT2D eigenvalue weighted by atomic mass is 10.1. The second kappa shape index (κ2) is 5.60. The van der Waals surface area contributed by atoms with Crippen LogP contribution >= 0.6 is 11.3 Å². The highest BCUT2D eigenvalue weighted by molar-refractivity contribution is 7.89. The van der Waals surface area contributed by atoms with Gasteiger partial charge in [0.25, 0.3) is 0 Å². The smallest absolute Gasteiger partial charge is 0.307 e. The molecule has 1 saturated carbocycles. The summed E-state index contributed by atoms with van der Waals surface area (Å²) < 4.78 is 26.2. The van der Waals surface area contributed by atoms with E-state index in [-0.39, 0.29) is 0 Å². The molecule has 1 aliphatic carbocycles. The number of hydrogen-bond acceptors (Lipinski definition) is 4. The lowest BCUT2D eigenvalue weighted by Crippen LogP contribution is -2.39. The van der Waals surface area contributed by atoms with Gasteiger partial charge in [0.2, 0.25) is 10.0 Å². The van der Waals surface area contributed by atoms with E-state index >= 15 is 0 Å². The average molecular weight is 303 g/mol. The van der Waals surface area contributed by atoms with E-state index in [0.717, 1.165) is 5.56 Å². The summed E-state index contributed by atoms with van der Waals surface area (Å²) in [7, 11) is -2.03. The van der Waals surface area contributed by atoms with Gasteiger partial charge in [0.15, 0.2) is 0 Å². The van der Waals surface area contributed by atoms with Gasteiger partial charge < -0.3 is 5.11 Å². The van der Waals surface area contributed by atoms with Gasteiger partial charge in [0.05, 0.1) is 11.2 Å². The summed E-state index contributed by atoms with van der Waals surface area (Å²) >= 11 is 1.51. The van der Waals surface area contributed by atoms with Crippen LogP contribution in [0, 0.1) is 5.92 Å². The molecule has 19 heavy (non-hydrogen) atoms. The lowest BCUT2D eigenvalue weighted by molar-refractivity contribution is -0.141. The van der Waals surface area contributed by atoms with E-state index in [1.807, 2.05) is 16.8 Å². The molecule has 7 heteroatoms. The summed E-state index contributed by atoms with van der Waals surface area (Å²) in [6.45, 7) is 0.300. The van der Waals surface area contributed by atoms with Crippen molar-refractivity contribution in [2.75, 3.05) is 7.05 Å². The van der Waals surface area contributed by atoms with Crippen LogP contribution in [-0.2, 0) is 21.4 Å². The second-order valence-electron chi connectivity index (χ2n) is 4.85. The monoisotopic (exact) mass is 303 g/mol. The van der Waals surface area contributed by atoms with Gasteiger partial charge in [0.1, 0.15) is 0 Å². The zero-order valence-corrected chi connectivity index (χ0v) is 12.3. The van der Waals surface area contributed by atoms with Crippen LogP contribution in [-0.4, -0.2) is 36.1 Å². The quantitative estimate of drug-likeness (QED) is 0.899. The number of carbonyl (C=O) groups is 1. The molecule has 1 aliphatic rings. The van der Waals surface area contributed by atoms with Crippen molar-refractivity contribution in [1.29, 1.82) is 0 Å². The first-order valence-corrected chi connectivity index (χ1v) is 8.56. The molecule has 2 atom stereocenters. The molecule has 1 aromatic rings. The topological polar surface area (TPSA) is 74.7 Å². The van der Waals surface area contributed by atoms with Crippen LogP contribution in [0.15, 0.2) is 16.8 Å². The number of carboxylic acid groups (broad SMARTS) is 1. The Bertz CT molecular complexity index is 538. The van der Waals surface area contributed by atoms with Gasteiger partial charge in [-0.2, -0.15) is 11.3 Å². The normalized spacial score (nSPS) is 23.9. The maximum absolute atomic E-state index is 12.4. The number of rotatable bonds is 5. The highest BCUT2D eigenvalue weighted by Gasteiger charge is 2.43. The number of nitrogens with zero attached hydrogens (tertiary/aromatic N) is 1. The van der Waals surface area contributed by atoms with Crippen LogP contribution in [0.3, 0.4) is 0 Å². The maximum Gasteiger partial charge on any atom is 0.307 e. The Morgan fingerprint density at radius 3 is 2.84 bits per heavy atom. The van der Waals surface area contributed by atoms with Crippen LogP contribution in [0.1, 0.15) is 24.8 Å². The summed E-state index contributed by atoms with van der Waals surface area (Å²) in [5.74, 6) is -1.77. The Labute approximate surface area is 116 Å². The molecule has 106 valence electrons. The average Bonchev–Trinajstić information content (AvgIpc) is 2.98. The molecular formula is C12H17NO4S2. The maximum atomic E-state index is 12.4. The Kier molecular flexibility index (Phi) is 4.27. The fourth-order valence-corrected chi connectivity index (χ4v) is 5.11. The molecule has 1 heterocycles. The molecule has 2 rings (SSSR count). The molecule has 0 spiro atoms. The predicted octanol–water partition coefficient (Wildman–Crippen LogP) is 1.76. The first-order chi connectivity index (χ1) is 8.93. The minimum Gasteiger partial charge on any atom is -0.481 e. The molecule has 0 bridgehead atoms. The standard InChI is InChI=1S/C12H17NO4S2/c1-13(7-9-5-6-18-8-9)19(16,17)11-4-2-3-10(11)12(14)15/h5-6,8,10-11H,2-4,7H2,1H3,(H,14,15). The first-order valence-electron chi connectivity index (χ1n) is 6.12. The Balaban J connectivity index is 2.15. The van der Waals surface area contributed by atoms with Gasteiger partial charge in [-0.1, -0.05) is 6.42 Å². The van der Waals surface area contributed by atoms with Gasteiger partial charge in [-0.25, -0.2) is 12.7 Å². The van der Waals surface area contributed by atoms with E-state index in [1.54, 1.807) is 0 Å². The van der Waals surface area contributed by atoms with Crippen LogP contribution < -0.4 is 0 Å². The van der Waals surface area contributed by atoms with Crippen LogP contribution in [0.4, 0.5) is 0 Å². The lowest BCUT2D eigenvalue weighted by Gasteiger charge is -2.23. The van der Waals surface area contributed by atoms with Gasteiger partial charge in [0, 0.05) is 13.6 Å². The van der Waals surface area contributed by atoms with Crippen molar-refractivity contribution < 1.29 is 18.3 Å². The van der Waals surface area contributed by atoms with Gasteiger partial charge in [-0.3, -0.25) is 4.79 Å². The molecule has 0 amide bonds. The largest absolute Gasteiger partial charge is 0.481 e. The van der Waals surface area contributed by atoms with E-state index in [0.29, 0.717) is 25.8 Å². The van der Waals surface area contributed by atoms with E-state index in [9.17, 15) is 13.2 Å². The Morgan fingerprint density at radius 1 is 1.53 bits per heavy atom. The minimum absolute atomic E-state index is 0.300. The SMILES string of the molecule is CN(Cc1ccsc1)S(=O)(=O)C1CCCC1C(=O)O. The number of carboxylic acids is 1. The summed E-state index contributed by atoms with van der Waals surface area (Å²) in [6, 6.07) is 1.88. The fraction of sp³-hybridized carbons (Fsp3) is 0.583. The zero-order valence-electron chi connectivity index (χ0n) is 10.7. The highest BCUT2D eigenvalue weighted by Crippen LogP contribution is 2.33. The summed E-state index contributed by atoms with van der Waals surface area (Å²) in [6.07, 6.45) is 1.55. The fourth-order valence-electron chi connectivity index (χ4n) is 2.53. The van der Waals surface area contributed by atoms with Crippen molar-refractivity contribution in [2.24, 2.45) is 5.92 Å². The molecular weight excluding hydrogens is 286 g/mol. The van der Waals surface area contributed by atoms with Crippen molar-refractivity contribution in [3.8, 4) is 0 Å². The molecule has 1 aromatic heterocycles. The second-order valence-corrected chi connectivity index (χ2v) is 7.89. The van der Waals surface area contributed by atoms with Crippen molar-refractivity contribution >= 4 is 27.3 Å². The van der Waals surface area contributed by atoms with Crippen molar-refractivity contribution in [1.82, 2.24) is 4.31 Å². The van der Waals surface area contributed by atoms with E-state index < -0.39 is 27.2 Å². The molecule has 0 radical (unpaired) electrons. The molecule has 1 fully saturated rings. The van der Waals surface area contributed by atoms with Gasteiger partial charge in [-0.15, -0.1) is 0 Å². The van der Waals surface area contributed by atoms with E-state index in [2.05, 4.69) is 0 Å². The van der Waals surface area contributed by atoms with Crippen LogP contribution in [0.2, 0.25) is 0 Å². The van der Waals surface area contributed by atoms with E-state index in [4.69, 9.17) is 5.11 Å². The highest BCUT2D eigenvalue weighted by atomic mass is 32.2. The van der Waals surface area contributed by atoms with Crippen molar-refractivity contribution in [3.63, 3.8) is 0 Å². The zero-order chi connectivity index (χ0) is 14.0. The predicted molar refractivity (Wildman–Crippen MR) is 73.5 cm³/mol. The van der Waals surface area contributed by atoms with Gasteiger partial charge in [-0.05, 0) is 35.2 Å². The molecule has 0 saturated heterocycles. The summed E-state index contributed by atoms with van der Waals surface area (Å²) in [4.78, 5) is 11.1. The number of thiophene rings is 1. The molecule has 1 N–H and O–H groups in total.